The van der Waals surface area contributed by atoms with Gasteiger partial charge in [0.15, 0.2) is 0 Å². The molecule has 8 heteroatoms. The molecule has 1 aliphatic carbocycles. The van der Waals surface area contributed by atoms with Crippen LogP contribution in [0.4, 0.5) is 5.69 Å². The van der Waals surface area contributed by atoms with Crippen molar-refractivity contribution in [1.29, 1.82) is 0 Å². The van der Waals surface area contributed by atoms with Gasteiger partial charge < -0.3 is 14.8 Å². The van der Waals surface area contributed by atoms with Gasteiger partial charge in [0.1, 0.15) is 11.5 Å². The van der Waals surface area contributed by atoms with Crippen molar-refractivity contribution in [2.24, 2.45) is 11.0 Å². The summed E-state index contributed by atoms with van der Waals surface area (Å²) in [6, 6.07) is 16.7. The van der Waals surface area contributed by atoms with Crippen LogP contribution in [0, 0.1) is 5.92 Å². The lowest BCUT2D eigenvalue weighted by Crippen LogP contribution is -2.25. The molecule has 0 spiro atoms. The van der Waals surface area contributed by atoms with Crippen LogP contribution in [-0.4, -0.2) is 35.1 Å². The van der Waals surface area contributed by atoms with Crippen LogP contribution in [0.25, 0.3) is 17.4 Å². The molecule has 3 aromatic rings. The number of amides is 2. The lowest BCUT2D eigenvalue weighted by Gasteiger charge is -2.11. The van der Waals surface area contributed by atoms with Crippen LogP contribution in [0.2, 0.25) is 0 Å². The summed E-state index contributed by atoms with van der Waals surface area (Å²) in [7, 11) is 0. The number of carbonyl (C=O) groups excluding carboxylic acids is 2. The quantitative estimate of drug-likeness (QED) is 0.492. The van der Waals surface area contributed by atoms with Crippen molar-refractivity contribution in [1.82, 2.24) is 5.32 Å². The summed E-state index contributed by atoms with van der Waals surface area (Å²) < 4.78 is 5.93. The topological polar surface area (TPSA) is 112 Å². The van der Waals surface area contributed by atoms with E-state index in [9.17, 15) is 14.4 Å². The van der Waals surface area contributed by atoms with Crippen molar-refractivity contribution < 1.29 is 23.9 Å². The van der Waals surface area contributed by atoms with Gasteiger partial charge >= 0.3 is 5.97 Å². The first-order valence-electron chi connectivity index (χ1n) is 11.3. The zero-order valence-electron chi connectivity index (χ0n) is 19.0. The van der Waals surface area contributed by atoms with Crippen molar-refractivity contribution in [3.05, 3.63) is 83.1 Å². The van der Waals surface area contributed by atoms with Gasteiger partial charge in [0, 0.05) is 17.7 Å². The molecule has 2 amide bonds. The normalized spacial score (nSPS) is 16.5. The minimum absolute atomic E-state index is 0.0787. The highest BCUT2D eigenvalue weighted by atomic mass is 16.4. The number of aromatic carboxylic acids is 1. The fraction of sp³-hybridized carbons (Fsp3) is 0.185. The van der Waals surface area contributed by atoms with Crippen molar-refractivity contribution in [3.63, 3.8) is 0 Å². The number of hydrazone groups is 1. The molecule has 1 fully saturated rings. The van der Waals surface area contributed by atoms with Gasteiger partial charge in [-0.2, -0.15) is 10.1 Å². The Labute approximate surface area is 201 Å². The van der Waals surface area contributed by atoms with Crippen LogP contribution >= 0.6 is 0 Å². The summed E-state index contributed by atoms with van der Waals surface area (Å²) in [5.41, 5.74) is 2.93. The molecule has 5 rings (SSSR count). The molecule has 176 valence electrons. The average Bonchev–Trinajstić information content (AvgIpc) is 3.51. The Hall–Kier alpha value is -4.46. The van der Waals surface area contributed by atoms with Gasteiger partial charge in [0.2, 0.25) is 0 Å². The highest BCUT2D eigenvalue weighted by molar-refractivity contribution is 6.32. The maximum atomic E-state index is 13.0. The Kier molecular flexibility index (Phi) is 5.78. The number of hydrogen-bond acceptors (Lipinski definition) is 5. The number of benzene rings is 2. The lowest BCUT2D eigenvalue weighted by atomic mass is 10.1. The van der Waals surface area contributed by atoms with E-state index in [1.54, 1.807) is 43.3 Å². The molecular weight excluding hydrogens is 446 g/mol. The van der Waals surface area contributed by atoms with Crippen molar-refractivity contribution in [2.45, 2.75) is 19.8 Å². The van der Waals surface area contributed by atoms with Gasteiger partial charge in [-0.15, -0.1) is 0 Å². The van der Waals surface area contributed by atoms with Gasteiger partial charge in [-0.1, -0.05) is 12.1 Å². The fourth-order valence-corrected chi connectivity index (χ4v) is 3.78. The first-order valence-corrected chi connectivity index (χ1v) is 11.3. The fourth-order valence-electron chi connectivity index (χ4n) is 3.78. The number of carbonyl (C=O) groups is 3. The van der Waals surface area contributed by atoms with Crippen LogP contribution in [0.5, 0.6) is 0 Å². The Bertz CT molecular complexity index is 1360. The summed E-state index contributed by atoms with van der Waals surface area (Å²) >= 11 is 0. The van der Waals surface area contributed by atoms with Gasteiger partial charge in [0.05, 0.1) is 22.5 Å². The minimum atomic E-state index is -1.04. The monoisotopic (exact) mass is 469 g/mol. The summed E-state index contributed by atoms with van der Waals surface area (Å²) in [6.07, 6.45) is 4.01. The molecule has 8 nitrogen and oxygen atoms in total. The van der Waals surface area contributed by atoms with Crippen molar-refractivity contribution >= 4 is 35.3 Å². The number of hydrogen-bond donors (Lipinski definition) is 2. The largest absolute Gasteiger partial charge is 0.478 e. The molecule has 0 saturated heterocycles. The third-order valence-corrected chi connectivity index (χ3v) is 6.01. The number of nitrogens with one attached hydrogen (secondary N) is 1. The number of nitrogens with zero attached hydrogens (tertiary/aromatic N) is 2. The van der Waals surface area contributed by atoms with Crippen LogP contribution in [0.15, 0.2) is 75.8 Å². The summed E-state index contributed by atoms with van der Waals surface area (Å²) in [4.78, 5) is 36.3. The Morgan fingerprint density at radius 3 is 2.40 bits per heavy atom. The number of carboxylic acid groups (broad SMARTS) is 1. The molecule has 0 unspecified atom stereocenters. The number of carboxylic acids is 1. The Balaban J connectivity index is 1.29. The zero-order valence-corrected chi connectivity index (χ0v) is 19.0. The third-order valence-electron chi connectivity index (χ3n) is 6.01. The average molecular weight is 469 g/mol. The summed E-state index contributed by atoms with van der Waals surface area (Å²) in [5, 5.41) is 17.6. The van der Waals surface area contributed by atoms with E-state index in [2.05, 4.69) is 10.4 Å². The van der Waals surface area contributed by atoms with Gasteiger partial charge in [-0.3, -0.25) is 9.59 Å². The first kappa shape index (κ1) is 22.3. The van der Waals surface area contributed by atoms with E-state index in [0.717, 1.165) is 12.1 Å². The van der Waals surface area contributed by atoms with Crippen LogP contribution < -0.4 is 10.3 Å². The molecule has 2 N–H and O–H groups in total. The van der Waals surface area contributed by atoms with E-state index in [-0.39, 0.29) is 17.4 Å². The summed E-state index contributed by atoms with van der Waals surface area (Å²) in [6.45, 7) is 2.45. The lowest BCUT2D eigenvalue weighted by molar-refractivity contribution is -0.114. The van der Waals surface area contributed by atoms with Gasteiger partial charge in [-0.05, 0) is 80.3 Å². The van der Waals surface area contributed by atoms with Gasteiger partial charge in [-0.25, -0.2) is 4.79 Å². The maximum Gasteiger partial charge on any atom is 0.335 e. The van der Waals surface area contributed by atoms with Gasteiger partial charge in [0.25, 0.3) is 11.8 Å². The van der Waals surface area contributed by atoms with Crippen molar-refractivity contribution in [2.75, 3.05) is 11.6 Å². The Morgan fingerprint density at radius 1 is 1.06 bits per heavy atom. The Morgan fingerprint density at radius 2 is 1.74 bits per heavy atom. The van der Waals surface area contributed by atoms with Crippen LogP contribution in [0.1, 0.15) is 46.2 Å². The number of rotatable bonds is 7. The molecule has 1 aliphatic heterocycles. The second-order valence-electron chi connectivity index (χ2n) is 8.65. The standard InChI is InChI=1S/C27H23N3O5/c1-16-23(26(32)30(29-16)21-10-8-20(9-11-21)27(33)34)14-22-12-13-24(35-22)18-4-6-19(7-5-18)25(31)28-15-17-2-3-17/h4-14,17H,2-3,15H2,1H3,(H,28,31)(H,33,34)/b23-14+. The maximum absolute atomic E-state index is 13.0. The minimum Gasteiger partial charge on any atom is -0.478 e. The predicted molar refractivity (Wildman–Crippen MR) is 131 cm³/mol. The molecule has 1 aromatic heterocycles. The van der Waals surface area contributed by atoms with E-state index < -0.39 is 5.97 Å². The molecule has 0 atom stereocenters. The predicted octanol–water partition coefficient (Wildman–Crippen LogP) is 4.59. The SMILES string of the molecule is CC1=NN(c2ccc(C(=O)O)cc2)C(=O)/C1=C/c1ccc(-c2ccc(C(=O)NCC3CC3)cc2)o1. The van der Waals surface area contributed by atoms with E-state index in [1.807, 2.05) is 18.2 Å². The van der Waals surface area contributed by atoms with E-state index in [0.29, 0.717) is 40.0 Å². The number of furan rings is 1. The van der Waals surface area contributed by atoms with E-state index in [1.165, 1.54) is 30.0 Å². The van der Waals surface area contributed by atoms with E-state index >= 15 is 0 Å². The molecule has 1 saturated carbocycles. The van der Waals surface area contributed by atoms with E-state index in [4.69, 9.17) is 9.52 Å². The van der Waals surface area contributed by atoms with Crippen molar-refractivity contribution in [3.8, 4) is 11.3 Å². The molecule has 2 heterocycles. The highest BCUT2D eigenvalue weighted by Crippen LogP contribution is 2.29. The van der Waals surface area contributed by atoms with Crippen LogP contribution in [0.3, 0.4) is 0 Å². The zero-order chi connectivity index (χ0) is 24.5. The molecule has 0 radical (unpaired) electrons. The molecule has 0 bridgehead atoms. The second-order valence-corrected chi connectivity index (χ2v) is 8.65. The van der Waals surface area contributed by atoms with Crippen LogP contribution in [-0.2, 0) is 4.79 Å². The summed E-state index contributed by atoms with van der Waals surface area (Å²) in [5.74, 6) is 0.286. The molecule has 2 aliphatic rings. The third kappa shape index (κ3) is 4.77. The highest BCUT2D eigenvalue weighted by Gasteiger charge is 2.29. The first-order chi connectivity index (χ1) is 16.9. The smallest absolute Gasteiger partial charge is 0.335 e. The molecular formula is C27H23N3O5. The molecule has 35 heavy (non-hydrogen) atoms. The molecule has 2 aromatic carbocycles. The number of anilines is 1. The second kappa shape index (κ2) is 9.06.